The Morgan fingerprint density at radius 2 is 1.65 bits per heavy atom. The maximum Gasteiger partial charge on any atom is 0.251 e. The largest absolute Gasteiger partial charge is 0.322 e. The van der Waals surface area contributed by atoms with Gasteiger partial charge in [-0.25, -0.2) is 12.8 Å². The number of thiophene rings is 1. The van der Waals surface area contributed by atoms with E-state index in [4.69, 9.17) is 0 Å². The van der Waals surface area contributed by atoms with Gasteiger partial charge in [0.1, 0.15) is 16.1 Å². The van der Waals surface area contributed by atoms with Crippen molar-refractivity contribution in [1.29, 1.82) is 0 Å². The van der Waals surface area contributed by atoms with Crippen LogP contribution < -0.4 is 10.0 Å². The monoisotopic (exact) mass is 390 g/mol. The summed E-state index contributed by atoms with van der Waals surface area (Å²) < 4.78 is 41.4. The van der Waals surface area contributed by atoms with Crippen molar-refractivity contribution >= 4 is 33.0 Å². The molecule has 0 fully saturated rings. The summed E-state index contributed by atoms with van der Waals surface area (Å²) >= 11 is 1.04. The fourth-order valence-electron chi connectivity index (χ4n) is 2.32. The van der Waals surface area contributed by atoms with Gasteiger partial charge in [-0.3, -0.25) is 4.79 Å². The molecule has 2 N–H and O–H groups in total. The molecule has 5 nitrogen and oxygen atoms in total. The first-order chi connectivity index (χ1) is 12.5. The smallest absolute Gasteiger partial charge is 0.251 e. The number of sulfonamides is 1. The van der Waals surface area contributed by atoms with Crippen LogP contribution in [0.25, 0.3) is 0 Å². The van der Waals surface area contributed by atoms with E-state index in [0.717, 1.165) is 11.3 Å². The van der Waals surface area contributed by atoms with Crippen LogP contribution in [0.4, 0.5) is 10.1 Å². The zero-order valence-electron chi connectivity index (χ0n) is 13.4. The molecule has 26 heavy (non-hydrogen) atoms. The summed E-state index contributed by atoms with van der Waals surface area (Å²) in [5.41, 5.74) is 0.426. The molecule has 0 aliphatic heterocycles. The average Bonchev–Trinajstić information content (AvgIpc) is 3.18. The summed E-state index contributed by atoms with van der Waals surface area (Å²) in [5.74, 6) is -1.28. The first-order valence-corrected chi connectivity index (χ1v) is 10.00. The summed E-state index contributed by atoms with van der Waals surface area (Å²) in [4.78, 5) is 12.7. The number of hydrogen-bond acceptors (Lipinski definition) is 4. The maximum atomic E-state index is 13.8. The number of anilines is 1. The minimum Gasteiger partial charge on any atom is -0.322 e. The lowest BCUT2D eigenvalue weighted by atomic mass is 10.1. The number of nitrogens with one attached hydrogen (secondary N) is 2. The molecule has 3 rings (SSSR count). The van der Waals surface area contributed by atoms with Gasteiger partial charge >= 0.3 is 0 Å². The van der Waals surface area contributed by atoms with Crippen molar-refractivity contribution in [2.45, 2.75) is 10.3 Å². The van der Waals surface area contributed by atoms with Gasteiger partial charge in [-0.2, -0.15) is 4.72 Å². The first kappa shape index (κ1) is 18.2. The van der Waals surface area contributed by atoms with Gasteiger partial charge in [-0.1, -0.05) is 48.5 Å². The van der Waals surface area contributed by atoms with Gasteiger partial charge in [0.15, 0.2) is 0 Å². The molecule has 8 heteroatoms. The number of amides is 1. The van der Waals surface area contributed by atoms with Crippen LogP contribution in [-0.4, -0.2) is 14.3 Å². The Hall–Kier alpha value is -2.55. The number of benzene rings is 2. The highest BCUT2D eigenvalue weighted by Gasteiger charge is 2.28. The molecule has 0 saturated carbocycles. The normalized spacial score (nSPS) is 12.5. The molecule has 1 aromatic heterocycles. The third-order valence-corrected chi connectivity index (χ3v) is 6.38. The van der Waals surface area contributed by atoms with Crippen molar-refractivity contribution in [3.63, 3.8) is 0 Å². The summed E-state index contributed by atoms with van der Waals surface area (Å²) in [6, 6.07) is 15.9. The van der Waals surface area contributed by atoms with Gasteiger partial charge in [0.25, 0.3) is 10.0 Å². The van der Waals surface area contributed by atoms with Crippen LogP contribution in [0.1, 0.15) is 11.6 Å². The van der Waals surface area contributed by atoms with E-state index in [1.54, 1.807) is 47.8 Å². The van der Waals surface area contributed by atoms with Gasteiger partial charge in [-0.05, 0) is 29.1 Å². The summed E-state index contributed by atoms with van der Waals surface area (Å²) in [5, 5.41) is 4.07. The fraction of sp³-hybridized carbons (Fsp3) is 0.0556. The molecule has 1 atom stereocenters. The number of para-hydroxylation sites is 1. The minimum absolute atomic E-state index is 0.0197. The molecule has 1 heterocycles. The number of carbonyl (C=O) groups excluding carboxylic acids is 1. The molecule has 0 spiro atoms. The predicted octanol–water partition coefficient (Wildman–Crippen LogP) is 3.55. The minimum atomic E-state index is -3.90. The highest BCUT2D eigenvalue weighted by atomic mass is 32.2. The van der Waals surface area contributed by atoms with E-state index in [1.165, 1.54) is 24.3 Å². The van der Waals surface area contributed by atoms with E-state index in [2.05, 4.69) is 10.0 Å². The van der Waals surface area contributed by atoms with Gasteiger partial charge in [0.2, 0.25) is 5.91 Å². The van der Waals surface area contributed by atoms with Crippen molar-refractivity contribution in [3.05, 3.63) is 83.5 Å². The van der Waals surface area contributed by atoms with Crippen LogP contribution in [0, 0.1) is 5.82 Å². The Balaban J connectivity index is 1.91. The molecule has 0 aliphatic rings. The van der Waals surface area contributed by atoms with Crippen molar-refractivity contribution in [3.8, 4) is 0 Å². The summed E-state index contributed by atoms with van der Waals surface area (Å²) in [6.07, 6.45) is 0. The molecule has 2 aromatic carbocycles. The van der Waals surface area contributed by atoms with Crippen LogP contribution in [0.5, 0.6) is 0 Å². The topological polar surface area (TPSA) is 75.3 Å². The Morgan fingerprint density at radius 3 is 2.31 bits per heavy atom. The molecule has 134 valence electrons. The number of hydrogen-bond donors (Lipinski definition) is 2. The molecule has 0 saturated heterocycles. The Kier molecular flexibility index (Phi) is 5.46. The summed E-state index contributed by atoms with van der Waals surface area (Å²) in [7, 11) is -3.90. The second-order valence-electron chi connectivity index (χ2n) is 5.37. The molecular formula is C18H15FN2O3S2. The van der Waals surface area contributed by atoms with Gasteiger partial charge in [0, 0.05) is 0 Å². The first-order valence-electron chi connectivity index (χ1n) is 7.63. The number of carbonyl (C=O) groups is 1. The van der Waals surface area contributed by atoms with Crippen LogP contribution >= 0.6 is 11.3 Å². The van der Waals surface area contributed by atoms with E-state index >= 15 is 0 Å². The highest BCUT2D eigenvalue weighted by Crippen LogP contribution is 2.22. The van der Waals surface area contributed by atoms with Gasteiger partial charge in [0.05, 0.1) is 5.69 Å². The molecule has 1 unspecified atom stereocenters. The standard InChI is InChI=1S/C18H15FN2O3S2/c19-14-9-4-5-10-15(14)20-18(22)17(13-7-2-1-3-8-13)21-26(23,24)16-11-6-12-25-16/h1-12,17,21H,(H,20,22). The Bertz CT molecular complexity index is 990. The van der Waals surface area contributed by atoms with E-state index < -0.39 is 27.8 Å². The predicted molar refractivity (Wildman–Crippen MR) is 98.9 cm³/mol. The molecule has 1 amide bonds. The van der Waals surface area contributed by atoms with E-state index in [9.17, 15) is 17.6 Å². The fourth-order valence-corrected chi connectivity index (χ4v) is 4.51. The van der Waals surface area contributed by atoms with E-state index in [0.29, 0.717) is 5.56 Å². The van der Waals surface area contributed by atoms with Crippen molar-refractivity contribution in [2.75, 3.05) is 5.32 Å². The lowest BCUT2D eigenvalue weighted by Crippen LogP contribution is -2.36. The van der Waals surface area contributed by atoms with Gasteiger partial charge < -0.3 is 5.32 Å². The lowest BCUT2D eigenvalue weighted by Gasteiger charge is -2.18. The SMILES string of the molecule is O=C(Nc1ccccc1F)C(NS(=O)(=O)c1cccs1)c1ccccc1. The zero-order chi connectivity index (χ0) is 18.6. The van der Waals surface area contributed by atoms with E-state index in [-0.39, 0.29) is 9.90 Å². The second-order valence-corrected chi connectivity index (χ2v) is 8.25. The third kappa shape index (κ3) is 4.16. The van der Waals surface area contributed by atoms with Crippen LogP contribution in [0.15, 0.2) is 76.3 Å². The third-order valence-electron chi connectivity index (χ3n) is 3.56. The highest BCUT2D eigenvalue weighted by molar-refractivity contribution is 7.91. The molecule has 0 radical (unpaired) electrons. The van der Waals surface area contributed by atoms with E-state index in [1.807, 2.05) is 0 Å². The van der Waals surface area contributed by atoms with Crippen LogP contribution in [0.3, 0.4) is 0 Å². The average molecular weight is 390 g/mol. The number of halogens is 1. The van der Waals surface area contributed by atoms with Crippen LogP contribution in [-0.2, 0) is 14.8 Å². The zero-order valence-corrected chi connectivity index (χ0v) is 15.1. The molecule has 3 aromatic rings. The summed E-state index contributed by atoms with van der Waals surface area (Å²) in [6.45, 7) is 0. The molecule has 0 aliphatic carbocycles. The quantitative estimate of drug-likeness (QED) is 0.676. The van der Waals surface area contributed by atoms with Crippen molar-refractivity contribution < 1.29 is 17.6 Å². The number of rotatable bonds is 6. The van der Waals surface area contributed by atoms with Crippen molar-refractivity contribution in [1.82, 2.24) is 4.72 Å². The lowest BCUT2D eigenvalue weighted by molar-refractivity contribution is -0.117. The van der Waals surface area contributed by atoms with Crippen molar-refractivity contribution in [2.24, 2.45) is 0 Å². The Labute approximate surface area is 154 Å². The molecular weight excluding hydrogens is 375 g/mol. The van der Waals surface area contributed by atoms with Crippen LogP contribution in [0.2, 0.25) is 0 Å². The maximum absolute atomic E-state index is 13.8. The van der Waals surface area contributed by atoms with Gasteiger partial charge in [-0.15, -0.1) is 11.3 Å². The Morgan fingerprint density at radius 1 is 0.962 bits per heavy atom. The molecule has 0 bridgehead atoms. The second kappa shape index (κ2) is 7.77.